The average molecular weight is 346 g/mol. The molecule has 25 heavy (non-hydrogen) atoms. The zero-order valence-electron chi connectivity index (χ0n) is 13.4. The molecule has 0 spiro atoms. The van der Waals surface area contributed by atoms with Gasteiger partial charge in [-0.15, -0.1) is 0 Å². The number of hydrogen-bond donors (Lipinski definition) is 2. The quantitative estimate of drug-likeness (QED) is 0.757. The van der Waals surface area contributed by atoms with Crippen LogP contribution < -0.4 is 15.2 Å². The second kappa shape index (κ2) is 5.37. The molecule has 3 aliphatic rings. The van der Waals surface area contributed by atoms with Gasteiger partial charge in [-0.1, -0.05) is 6.07 Å². The van der Waals surface area contributed by atoms with E-state index in [0.29, 0.717) is 24.3 Å². The molecule has 2 heterocycles. The molecule has 3 N–H and O–H groups in total. The van der Waals surface area contributed by atoms with Crippen molar-refractivity contribution in [1.29, 1.82) is 0 Å². The molecule has 1 aromatic rings. The first kappa shape index (κ1) is 15.7. The Hall–Kier alpha value is -2.77. The number of carbonyl (C=O) groups excluding carboxylic acids is 2. The van der Waals surface area contributed by atoms with E-state index in [1.165, 1.54) is 4.90 Å². The molecule has 2 amide bonds. The van der Waals surface area contributed by atoms with Gasteiger partial charge in [0, 0.05) is 19.0 Å². The van der Waals surface area contributed by atoms with Crippen molar-refractivity contribution >= 4 is 17.8 Å². The van der Waals surface area contributed by atoms with Crippen molar-refractivity contribution in [3.8, 4) is 11.5 Å². The zero-order valence-corrected chi connectivity index (χ0v) is 13.4. The molecule has 0 bridgehead atoms. The fourth-order valence-corrected chi connectivity index (χ4v) is 3.69. The minimum Gasteiger partial charge on any atom is -0.481 e. The molecule has 8 heteroatoms. The van der Waals surface area contributed by atoms with Crippen molar-refractivity contribution in [2.24, 2.45) is 17.1 Å². The summed E-state index contributed by atoms with van der Waals surface area (Å²) in [4.78, 5) is 37.5. The average Bonchev–Trinajstić information content (AvgIpc) is 3.06. The number of fused-ring (bicyclic) bond motifs is 1. The number of nitrogens with zero attached hydrogens (tertiary/aromatic N) is 1. The van der Waals surface area contributed by atoms with E-state index in [1.54, 1.807) is 18.2 Å². The van der Waals surface area contributed by atoms with E-state index >= 15 is 0 Å². The van der Waals surface area contributed by atoms with E-state index in [9.17, 15) is 19.5 Å². The van der Waals surface area contributed by atoms with Crippen LogP contribution in [0.3, 0.4) is 0 Å². The second-order valence-corrected chi connectivity index (χ2v) is 6.82. The third-order valence-electron chi connectivity index (χ3n) is 5.38. The number of rotatable bonds is 4. The van der Waals surface area contributed by atoms with Crippen LogP contribution in [0.1, 0.15) is 24.3 Å². The summed E-state index contributed by atoms with van der Waals surface area (Å²) >= 11 is 0. The molecular formula is C17H18N2O6. The fraction of sp³-hybridized carbons (Fsp3) is 0.471. The van der Waals surface area contributed by atoms with Gasteiger partial charge in [-0.2, -0.15) is 0 Å². The molecule has 1 saturated heterocycles. The normalized spacial score (nSPS) is 25.7. The smallest absolute Gasteiger partial charge is 0.308 e. The third kappa shape index (κ3) is 2.40. The van der Waals surface area contributed by atoms with Gasteiger partial charge in [-0.3, -0.25) is 14.4 Å². The number of carboxylic acids is 1. The number of benzene rings is 1. The maximum Gasteiger partial charge on any atom is 0.308 e. The summed E-state index contributed by atoms with van der Waals surface area (Å²) in [5.41, 5.74) is 5.01. The van der Waals surface area contributed by atoms with Crippen LogP contribution in [-0.2, 0) is 14.4 Å². The summed E-state index contributed by atoms with van der Waals surface area (Å²) in [6, 6.07) is 5.30. The number of nitrogens with two attached hydrogens (primary N) is 1. The highest BCUT2D eigenvalue weighted by molar-refractivity contribution is 6.07. The van der Waals surface area contributed by atoms with Crippen molar-refractivity contribution in [2.75, 3.05) is 19.9 Å². The van der Waals surface area contributed by atoms with Gasteiger partial charge in [0.15, 0.2) is 11.5 Å². The molecule has 132 valence electrons. The SMILES string of the molecule is NC(=O)C1(C(=O)N2C[C@H](C(=O)O)[C@@H](c3ccc4c(c3)OCO4)C2)CC1. The highest BCUT2D eigenvalue weighted by atomic mass is 16.7. The number of carboxylic acid groups (broad SMARTS) is 1. The molecule has 4 rings (SSSR count). The van der Waals surface area contributed by atoms with E-state index in [-0.39, 0.29) is 31.7 Å². The van der Waals surface area contributed by atoms with Gasteiger partial charge >= 0.3 is 5.97 Å². The zero-order chi connectivity index (χ0) is 17.8. The largest absolute Gasteiger partial charge is 0.481 e. The molecule has 0 radical (unpaired) electrons. The first-order valence-electron chi connectivity index (χ1n) is 8.14. The summed E-state index contributed by atoms with van der Waals surface area (Å²) in [5, 5.41) is 9.58. The lowest BCUT2D eigenvalue weighted by Gasteiger charge is -2.21. The van der Waals surface area contributed by atoms with Gasteiger partial charge in [-0.25, -0.2) is 0 Å². The molecule has 2 aliphatic heterocycles. The summed E-state index contributed by atoms with van der Waals surface area (Å²) < 4.78 is 10.6. The topological polar surface area (TPSA) is 119 Å². The Morgan fingerprint density at radius 3 is 2.52 bits per heavy atom. The molecule has 1 saturated carbocycles. The number of hydrogen-bond acceptors (Lipinski definition) is 5. The molecule has 0 aromatic heterocycles. The van der Waals surface area contributed by atoms with Gasteiger partial charge in [0.25, 0.3) is 0 Å². The van der Waals surface area contributed by atoms with Crippen LogP contribution in [-0.4, -0.2) is 47.7 Å². The Kier molecular flexibility index (Phi) is 3.38. The Morgan fingerprint density at radius 2 is 1.88 bits per heavy atom. The highest BCUT2D eigenvalue weighted by Gasteiger charge is 2.58. The van der Waals surface area contributed by atoms with E-state index in [0.717, 1.165) is 5.56 Å². The maximum atomic E-state index is 12.7. The van der Waals surface area contributed by atoms with Crippen LogP contribution in [0.2, 0.25) is 0 Å². The van der Waals surface area contributed by atoms with Gasteiger partial charge in [0.1, 0.15) is 5.41 Å². The Labute approximate surface area is 143 Å². The van der Waals surface area contributed by atoms with Crippen molar-refractivity contribution < 1.29 is 29.0 Å². The van der Waals surface area contributed by atoms with Crippen molar-refractivity contribution in [3.63, 3.8) is 0 Å². The summed E-state index contributed by atoms with van der Waals surface area (Å²) in [7, 11) is 0. The lowest BCUT2D eigenvalue weighted by atomic mass is 9.89. The molecule has 0 unspecified atom stereocenters. The molecule has 2 atom stereocenters. The minimum atomic E-state index is -1.13. The summed E-state index contributed by atoms with van der Waals surface area (Å²) in [6.45, 7) is 0.449. The number of carbonyl (C=O) groups is 3. The van der Waals surface area contributed by atoms with Crippen LogP contribution in [0.4, 0.5) is 0 Å². The van der Waals surface area contributed by atoms with Gasteiger partial charge < -0.3 is 25.2 Å². The summed E-state index contributed by atoms with van der Waals surface area (Å²) in [5.74, 6) is -1.88. The monoisotopic (exact) mass is 346 g/mol. The maximum absolute atomic E-state index is 12.7. The Bertz CT molecular complexity index is 772. The van der Waals surface area contributed by atoms with E-state index < -0.39 is 23.2 Å². The number of amides is 2. The van der Waals surface area contributed by atoms with E-state index in [1.807, 2.05) is 0 Å². The molecule has 2 fully saturated rings. The molecule has 1 aromatic carbocycles. The van der Waals surface area contributed by atoms with Crippen molar-refractivity contribution in [1.82, 2.24) is 4.90 Å². The number of primary amides is 1. The van der Waals surface area contributed by atoms with Gasteiger partial charge in [0.2, 0.25) is 18.6 Å². The third-order valence-corrected chi connectivity index (χ3v) is 5.38. The van der Waals surface area contributed by atoms with Crippen LogP contribution >= 0.6 is 0 Å². The lowest BCUT2D eigenvalue weighted by molar-refractivity contribution is -0.143. The summed E-state index contributed by atoms with van der Waals surface area (Å²) in [6.07, 6.45) is 0.869. The number of ether oxygens (including phenoxy) is 2. The lowest BCUT2D eigenvalue weighted by Crippen LogP contribution is -2.42. The molecular weight excluding hydrogens is 328 g/mol. The number of likely N-dealkylation sites (tertiary alicyclic amines) is 1. The van der Waals surface area contributed by atoms with Gasteiger partial charge in [0.05, 0.1) is 5.92 Å². The van der Waals surface area contributed by atoms with Crippen LogP contribution in [0.25, 0.3) is 0 Å². The van der Waals surface area contributed by atoms with Crippen LogP contribution in [0, 0.1) is 11.3 Å². The minimum absolute atomic E-state index is 0.0717. The Balaban J connectivity index is 1.60. The predicted molar refractivity (Wildman–Crippen MR) is 83.9 cm³/mol. The Morgan fingerprint density at radius 1 is 1.16 bits per heavy atom. The van der Waals surface area contributed by atoms with E-state index in [2.05, 4.69) is 0 Å². The highest BCUT2D eigenvalue weighted by Crippen LogP contribution is 2.49. The number of aliphatic carboxylic acids is 1. The van der Waals surface area contributed by atoms with Crippen LogP contribution in [0.15, 0.2) is 18.2 Å². The predicted octanol–water partition coefficient (Wildman–Crippen LogP) is 0.307. The molecule has 8 nitrogen and oxygen atoms in total. The molecule has 1 aliphatic carbocycles. The first-order valence-corrected chi connectivity index (χ1v) is 8.14. The second-order valence-electron chi connectivity index (χ2n) is 6.82. The van der Waals surface area contributed by atoms with Crippen molar-refractivity contribution in [3.05, 3.63) is 23.8 Å². The van der Waals surface area contributed by atoms with Crippen molar-refractivity contribution in [2.45, 2.75) is 18.8 Å². The van der Waals surface area contributed by atoms with Crippen LogP contribution in [0.5, 0.6) is 11.5 Å². The standard InChI is InChI=1S/C17H18N2O6/c18-15(22)17(3-4-17)16(23)19-6-10(11(7-19)14(20)21)9-1-2-12-13(5-9)25-8-24-12/h1-2,5,10-11H,3-4,6-8H2,(H2,18,22)(H,20,21)/t10-,11+/m1/s1. The fourth-order valence-electron chi connectivity index (χ4n) is 3.69. The first-order chi connectivity index (χ1) is 11.9. The van der Waals surface area contributed by atoms with Gasteiger partial charge in [-0.05, 0) is 30.5 Å². The van der Waals surface area contributed by atoms with E-state index in [4.69, 9.17) is 15.2 Å².